The second-order valence-electron chi connectivity index (χ2n) is 11.8. The van der Waals surface area contributed by atoms with E-state index in [-0.39, 0.29) is 35.5 Å². The highest BCUT2D eigenvalue weighted by Crippen LogP contribution is 2.62. The Bertz CT molecular complexity index is 1920. The van der Waals surface area contributed by atoms with Crippen molar-refractivity contribution in [2.45, 2.75) is 31.0 Å². The third kappa shape index (κ3) is 4.87. The van der Waals surface area contributed by atoms with Crippen molar-refractivity contribution in [3.8, 4) is 5.75 Å². The summed E-state index contributed by atoms with van der Waals surface area (Å²) in [5.41, 5.74) is 1.56. The van der Waals surface area contributed by atoms with Gasteiger partial charge in [-0.25, -0.2) is 9.18 Å². The summed E-state index contributed by atoms with van der Waals surface area (Å²) in [7, 11) is 1.30. The van der Waals surface area contributed by atoms with Crippen LogP contribution in [0.25, 0.3) is 0 Å². The topological polar surface area (TPSA) is 88.2 Å². The van der Waals surface area contributed by atoms with E-state index in [0.29, 0.717) is 39.9 Å². The van der Waals surface area contributed by atoms with Crippen LogP contribution in [0.4, 0.5) is 15.8 Å². The fourth-order valence-electron chi connectivity index (χ4n) is 7.62. The van der Waals surface area contributed by atoms with Gasteiger partial charge in [-0.1, -0.05) is 53.5 Å². The molecule has 2 fully saturated rings. The molecule has 3 aliphatic rings. The van der Waals surface area contributed by atoms with Crippen molar-refractivity contribution in [3.63, 3.8) is 0 Å². The van der Waals surface area contributed by atoms with Crippen LogP contribution in [-0.4, -0.2) is 49.0 Å². The number of ether oxygens (including phenoxy) is 2. The van der Waals surface area contributed by atoms with Crippen molar-refractivity contribution in [2.24, 2.45) is 5.92 Å². The molecule has 4 atom stereocenters. The predicted octanol–water partition coefficient (Wildman–Crippen LogP) is 6.80. The van der Waals surface area contributed by atoms with E-state index < -0.39 is 35.2 Å². The molecule has 2 saturated heterocycles. The molecule has 0 saturated carbocycles. The van der Waals surface area contributed by atoms with Crippen LogP contribution < -0.4 is 15.0 Å². The second kappa shape index (κ2) is 12.0. The second-order valence-corrected chi connectivity index (χ2v) is 12.7. The van der Waals surface area contributed by atoms with E-state index >= 15 is 4.39 Å². The zero-order chi connectivity index (χ0) is 33.0. The van der Waals surface area contributed by atoms with E-state index in [1.54, 1.807) is 59.5 Å². The minimum absolute atomic E-state index is 0.104. The molecule has 3 aliphatic heterocycles. The average molecular weight is 675 g/mol. The average Bonchev–Trinajstić information content (AvgIpc) is 3.65. The number of nitrogens with zero attached hydrogens (tertiary/aromatic N) is 2. The van der Waals surface area contributed by atoms with Gasteiger partial charge < -0.3 is 19.7 Å². The lowest BCUT2D eigenvalue weighted by atomic mass is 9.71. The first-order valence-corrected chi connectivity index (χ1v) is 16.0. The number of fused-ring (bicyclic) bond motifs is 3. The highest BCUT2D eigenvalue weighted by Gasteiger charge is 2.71. The van der Waals surface area contributed by atoms with Crippen LogP contribution in [0.2, 0.25) is 10.0 Å². The van der Waals surface area contributed by atoms with Crippen LogP contribution >= 0.6 is 23.2 Å². The largest absolute Gasteiger partial charge is 0.494 e. The number of carbonyl (C=O) groups is 3. The Morgan fingerprint density at radius 1 is 1.02 bits per heavy atom. The number of likely N-dealkylation sites (tertiary alicyclic amines) is 1. The van der Waals surface area contributed by atoms with Gasteiger partial charge in [0.15, 0.2) is 0 Å². The van der Waals surface area contributed by atoms with Crippen molar-refractivity contribution >= 4 is 52.4 Å². The monoisotopic (exact) mass is 673 g/mol. The van der Waals surface area contributed by atoms with Gasteiger partial charge in [-0.15, -0.1) is 0 Å². The van der Waals surface area contributed by atoms with Gasteiger partial charge in [0.2, 0.25) is 11.8 Å². The van der Waals surface area contributed by atoms with Gasteiger partial charge in [-0.05, 0) is 72.6 Å². The Hall–Kier alpha value is -4.44. The van der Waals surface area contributed by atoms with Gasteiger partial charge in [-0.3, -0.25) is 14.5 Å². The van der Waals surface area contributed by atoms with Crippen molar-refractivity contribution < 1.29 is 28.2 Å². The number of hydrogen-bond donors (Lipinski definition) is 1. The Labute approximate surface area is 281 Å². The number of rotatable bonds is 7. The SMILES string of the molecule is CCOc1cccc(CN2[C@H]3CN(c4ccc(C(=O)OC)cc4)C(=O)[C@H]3[C@H](c3cccc(Cl)c3F)[C@]23C(=O)Nc2cc(Cl)ccc23)c1. The van der Waals surface area contributed by atoms with E-state index in [4.69, 9.17) is 32.7 Å². The maximum absolute atomic E-state index is 16.2. The number of halogens is 3. The van der Waals surface area contributed by atoms with Crippen molar-refractivity contribution in [3.05, 3.63) is 123 Å². The maximum atomic E-state index is 16.2. The molecule has 0 bridgehead atoms. The maximum Gasteiger partial charge on any atom is 0.337 e. The summed E-state index contributed by atoms with van der Waals surface area (Å²) in [6.07, 6.45) is 0. The number of nitrogens with one attached hydrogen (secondary N) is 1. The van der Waals surface area contributed by atoms with Crippen LogP contribution in [0.15, 0.2) is 84.9 Å². The Morgan fingerprint density at radius 2 is 1.79 bits per heavy atom. The third-order valence-corrected chi connectivity index (χ3v) is 9.99. The standard InChI is InChI=1S/C36H30Cl2FN3O5/c1-3-47-24-7-4-6-20(16-24)18-42-29-19-41(23-13-10-21(11-14-23)34(44)46-2)33(43)30(29)31(25-8-5-9-27(38)32(25)39)36(42)26-15-12-22(37)17-28(26)40-35(36)45/h4-17,29-31H,3,18-19H2,1-2H3,(H,40,45)/t29-,30+,31-,36+/m0/s1. The molecule has 8 nitrogen and oxygen atoms in total. The molecule has 240 valence electrons. The lowest BCUT2D eigenvalue weighted by molar-refractivity contribution is -0.128. The minimum Gasteiger partial charge on any atom is -0.494 e. The quantitative estimate of drug-likeness (QED) is 0.217. The van der Waals surface area contributed by atoms with Gasteiger partial charge >= 0.3 is 5.97 Å². The molecule has 3 heterocycles. The number of hydrogen-bond acceptors (Lipinski definition) is 6. The van der Waals surface area contributed by atoms with Crippen LogP contribution in [0.1, 0.15) is 39.9 Å². The molecule has 1 N–H and O–H groups in total. The number of carbonyl (C=O) groups excluding carboxylic acids is 3. The van der Waals surface area contributed by atoms with Crippen LogP contribution in [0.5, 0.6) is 5.75 Å². The van der Waals surface area contributed by atoms with Gasteiger partial charge in [0.25, 0.3) is 0 Å². The highest BCUT2D eigenvalue weighted by atomic mass is 35.5. The lowest BCUT2D eigenvalue weighted by Crippen LogP contribution is -2.53. The molecule has 4 aromatic carbocycles. The summed E-state index contributed by atoms with van der Waals surface area (Å²) in [4.78, 5) is 45.0. The molecule has 7 rings (SSSR count). The summed E-state index contributed by atoms with van der Waals surface area (Å²) < 4.78 is 26.8. The molecule has 4 aromatic rings. The van der Waals surface area contributed by atoms with Crippen molar-refractivity contribution in [1.29, 1.82) is 0 Å². The van der Waals surface area contributed by atoms with Gasteiger partial charge in [-0.2, -0.15) is 0 Å². The number of benzene rings is 4. The zero-order valence-electron chi connectivity index (χ0n) is 25.5. The zero-order valence-corrected chi connectivity index (χ0v) is 27.0. The van der Waals surface area contributed by atoms with Crippen LogP contribution in [0.3, 0.4) is 0 Å². The van der Waals surface area contributed by atoms with E-state index in [1.165, 1.54) is 13.2 Å². The summed E-state index contributed by atoms with van der Waals surface area (Å²) >= 11 is 12.7. The lowest BCUT2D eigenvalue weighted by Gasteiger charge is -2.41. The molecule has 0 radical (unpaired) electrons. The Morgan fingerprint density at radius 3 is 2.53 bits per heavy atom. The van der Waals surface area contributed by atoms with E-state index in [0.717, 1.165) is 5.56 Å². The molecular weight excluding hydrogens is 644 g/mol. The third-order valence-electron chi connectivity index (χ3n) is 9.46. The van der Waals surface area contributed by atoms with E-state index in [9.17, 15) is 14.4 Å². The first-order valence-electron chi connectivity index (χ1n) is 15.2. The fraction of sp³-hybridized carbons (Fsp3) is 0.250. The first-order chi connectivity index (χ1) is 22.7. The van der Waals surface area contributed by atoms with Gasteiger partial charge in [0.1, 0.15) is 17.1 Å². The highest BCUT2D eigenvalue weighted by molar-refractivity contribution is 6.31. The number of methoxy groups -OCH3 is 1. The van der Waals surface area contributed by atoms with Gasteiger partial charge in [0, 0.05) is 47.0 Å². The summed E-state index contributed by atoms with van der Waals surface area (Å²) in [6.45, 7) is 2.84. The number of anilines is 2. The summed E-state index contributed by atoms with van der Waals surface area (Å²) in [5.74, 6) is -2.96. The number of esters is 1. The molecule has 1 spiro atoms. The van der Waals surface area contributed by atoms with Crippen LogP contribution in [0, 0.1) is 11.7 Å². The molecule has 0 aliphatic carbocycles. The van der Waals surface area contributed by atoms with E-state index in [1.807, 2.05) is 36.1 Å². The van der Waals surface area contributed by atoms with Crippen molar-refractivity contribution in [2.75, 3.05) is 30.5 Å². The van der Waals surface area contributed by atoms with Crippen molar-refractivity contribution in [1.82, 2.24) is 4.90 Å². The number of amides is 2. The molecule has 2 amide bonds. The smallest absolute Gasteiger partial charge is 0.337 e. The normalized spacial score (nSPS) is 23.2. The first kappa shape index (κ1) is 31.2. The predicted molar refractivity (Wildman–Crippen MR) is 176 cm³/mol. The Kier molecular flexibility index (Phi) is 7.94. The Balaban J connectivity index is 1.43. The molecule has 0 unspecified atom stereocenters. The minimum atomic E-state index is -1.49. The summed E-state index contributed by atoms with van der Waals surface area (Å²) in [5, 5.41) is 3.33. The molecule has 11 heteroatoms. The molecular formula is C36H30Cl2FN3O5. The van der Waals surface area contributed by atoms with Crippen LogP contribution in [-0.2, 0) is 26.4 Å². The molecule has 0 aromatic heterocycles. The fourth-order valence-corrected chi connectivity index (χ4v) is 7.98. The van der Waals surface area contributed by atoms with E-state index in [2.05, 4.69) is 5.32 Å². The molecule has 47 heavy (non-hydrogen) atoms. The van der Waals surface area contributed by atoms with Gasteiger partial charge in [0.05, 0.1) is 30.2 Å². The summed E-state index contributed by atoms with van der Waals surface area (Å²) in [6, 6.07) is 23.5.